The van der Waals surface area contributed by atoms with Crippen LogP contribution in [0.25, 0.3) is 10.6 Å². The number of pyridine rings is 1. The van der Waals surface area contributed by atoms with Crippen molar-refractivity contribution in [3.8, 4) is 10.6 Å². The van der Waals surface area contributed by atoms with Crippen LogP contribution in [0.3, 0.4) is 0 Å². The quantitative estimate of drug-likeness (QED) is 0.549. The summed E-state index contributed by atoms with van der Waals surface area (Å²) in [5.41, 5.74) is 2.06. The third-order valence-electron chi connectivity index (χ3n) is 5.91. The molecular formula is C22H29FN8S. The summed E-state index contributed by atoms with van der Waals surface area (Å²) in [4.78, 5) is 22.8. The molecule has 1 aliphatic heterocycles. The first-order chi connectivity index (χ1) is 15.5. The second-order valence-corrected chi connectivity index (χ2v) is 8.89. The molecule has 0 aliphatic carbocycles. The molecule has 2 N–H and O–H groups in total. The summed E-state index contributed by atoms with van der Waals surface area (Å²) in [5.74, 6) is 0.429. The number of rotatable bonds is 7. The van der Waals surface area contributed by atoms with Gasteiger partial charge in [-0.15, -0.1) is 0 Å². The Morgan fingerprint density at radius 1 is 1.19 bits per heavy atom. The van der Waals surface area contributed by atoms with Crippen LogP contribution in [0.4, 0.5) is 27.0 Å². The molecule has 1 fully saturated rings. The minimum Gasteiger partial charge on any atom is -0.370 e. The molecule has 0 saturated carbocycles. The van der Waals surface area contributed by atoms with E-state index in [-0.39, 0.29) is 5.69 Å². The lowest BCUT2D eigenvalue weighted by atomic mass is 10.0. The van der Waals surface area contributed by atoms with Crippen molar-refractivity contribution in [3.05, 3.63) is 36.0 Å². The lowest BCUT2D eigenvalue weighted by molar-refractivity contribution is 0.217. The summed E-state index contributed by atoms with van der Waals surface area (Å²) in [7, 11) is 3.98. The Hall–Kier alpha value is -2.85. The van der Waals surface area contributed by atoms with E-state index in [0.717, 1.165) is 43.9 Å². The predicted octanol–water partition coefficient (Wildman–Crippen LogP) is 4.15. The van der Waals surface area contributed by atoms with E-state index in [1.54, 1.807) is 7.05 Å². The normalized spacial score (nSPS) is 14.8. The number of hydrogen-bond donors (Lipinski definition) is 2. The zero-order valence-corrected chi connectivity index (χ0v) is 19.7. The summed E-state index contributed by atoms with van der Waals surface area (Å²) in [6.45, 7) is 7.17. The molecule has 8 nitrogen and oxygen atoms in total. The van der Waals surface area contributed by atoms with Gasteiger partial charge >= 0.3 is 0 Å². The van der Waals surface area contributed by atoms with Gasteiger partial charge in [-0.05, 0) is 45.5 Å². The highest BCUT2D eigenvalue weighted by Gasteiger charge is 2.22. The van der Waals surface area contributed by atoms with Gasteiger partial charge in [0.25, 0.3) is 0 Å². The molecule has 1 saturated heterocycles. The van der Waals surface area contributed by atoms with Crippen LogP contribution in [-0.4, -0.2) is 64.6 Å². The van der Waals surface area contributed by atoms with Crippen molar-refractivity contribution in [2.45, 2.75) is 32.7 Å². The Morgan fingerprint density at radius 3 is 2.59 bits per heavy atom. The van der Waals surface area contributed by atoms with Crippen molar-refractivity contribution < 1.29 is 4.39 Å². The molecule has 0 unspecified atom stereocenters. The van der Waals surface area contributed by atoms with E-state index < -0.39 is 5.82 Å². The van der Waals surface area contributed by atoms with Gasteiger partial charge in [-0.1, -0.05) is 18.3 Å². The third kappa shape index (κ3) is 4.81. The molecule has 0 atom stereocenters. The molecule has 4 heterocycles. The number of halogens is 1. The van der Waals surface area contributed by atoms with Gasteiger partial charge < -0.3 is 20.4 Å². The molecule has 0 amide bonds. The van der Waals surface area contributed by atoms with Crippen molar-refractivity contribution in [1.29, 1.82) is 0 Å². The molecule has 0 spiro atoms. The van der Waals surface area contributed by atoms with Gasteiger partial charge in [0.1, 0.15) is 11.5 Å². The Morgan fingerprint density at radius 2 is 1.97 bits per heavy atom. The van der Waals surface area contributed by atoms with E-state index in [1.165, 1.54) is 17.5 Å². The maximum Gasteiger partial charge on any atom is 0.229 e. The molecule has 0 bridgehead atoms. The maximum absolute atomic E-state index is 14.4. The van der Waals surface area contributed by atoms with Crippen LogP contribution in [0.2, 0.25) is 0 Å². The highest BCUT2D eigenvalue weighted by Crippen LogP contribution is 2.33. The number of thiazole rings is 1. The van der Waals surface area contributed by atoms with Gasteiger partial charge in [0, 0.05) is 26.2 Å². The Balaban J connectivity index is 1.44. The third-order valence-corrected chi connectivity index (χ3v) is 7.09. The van der Waals surface area contributed by atoms with Gasteiger partial charge in [-0.2, -0.15) is 0 Å². The molecular weight excluding hydrogens is 427 g/mol. The van der Waals surface area contributed by atoms with Crippen LogP contribution in [-0.2, 0) is 0 Å². The van der Waals surface area contributed by atoms with E-state index in [0.29, 0.717) is 27.8 Å². The highest BCUT2D eigenvalue weighted by atomic mass is 32.1. The average Bonchev–Trinajstić information content (AvgIpc) is 3.21. The monoisotopic (exact) mass is 456 g/mol. The fraction of sp³-hybridized carbons (Fsp3) is 0.455. The molecule has 3 aromatic heterocycles. The van der Waals surface area contributed by atoms with Crippen LogP contribution in [0.1, 0.15) is 25.5 Å². The van der Waals surface area contributed by atoms with Crippen molar-refractivity contribution in [2.75, 3.05) is 49.3 Å². The second kappa shape index (κ2) is 9.74. The van der Waals surface area contributed by atoms with Gasteiger partial charge in [-0.3, -0.25) is 0 Å². The molecule has 32 heavy (non-hydrogen) atoms. The zero-order chi connectivity index (χ0) is 22.7. The Kier molecular flexibility index (Phi) is 6.80. The highest BCUT2D eigenvalue weighted by molar-refractivity contribution is 7.19. The number of nitrogens with one attached hydrogen (secondary N) is 2. The fourth-order valence-electron chi connectivity index (χ4n) is 3.89. The summed E-state index contributed by atoms with van der Waals surface area (Å²) >= 11 is 1.36. The number of hydrogen-bond acceptors (Lipinski definition) is 9. The lowest BCUT2D eigenvalue weighted by Gasteiger charge is -2.37. The second-order valence-electron chi connectivity index (χ2n) is 7.89. The van der Waals surface area contributed by atoms with Crippen molar-refractivity contribution >= 4 is 33.9 Å². The smallest absolute Gasteiger partial charge is 0.229 e. The first-order valence-corrected chi connectivity index (χ1v) is 11.7. The number of nitrogens with zero attached hydrogens (tertiary/aromatic N) is 6. The Labute approximate surface area is 191 Å². The van der Waals surface area contributed by atoms with Crippen LogP contribution >= 0.6 is 11.3 Å². The number of piperidine rings is 1. The predicted molar refractivity (Wildman–Crippen MR) is 128 cm³/mol. The first-order valence-electron chi connectivity index (χ1n) is 10.8. The van der Waals surface area contributed by atoms with Gasteiger partial charge in [0.2, 0.25) is 5.95 Å². The largest absolute Gasteiger partial charge is 0.370 e. The molecule has 170 valence electrons. The molecule has 0 aromatic carbocycles. The summed E-state index contributed by atoms with van der Waals surface area (Å²) in [6, 6.07) is 4.61. The molecule has 10 heteroatoms. The first kappa shape index (κ1) is 22.3. The minimum absolute atomic E-state index is 0.232. The maximum atomic E-state index is 14.4. The van der Waals surface area contributed by atoms with Gasteiger partial charge in [0.15, 0.2) is 10.9 Å². The number of anilines is 4. The van der Waals surface area contributed by atoms with Gasteiger partial charge in [-0.25, -0.2) is 24.3 Å². The standard InChI is InChI=1S/C22H29FN8S/c1-5-30(4)15-8-10-31(11-9-15)16-6-7-18(25-12-16)28-21-26-13-17(23)19(29-21)20-14(2)27-22(24-3)32-20/h6-7,12-13,15H,5,8-11H2,1-4H3,(H,24,27)(H,25,26,28,29). The molecule has 0 radical (unpaired) electrons. The number of aromatic nitrogens is 4. The molecule has 1 aliphatic rings. The summed E-state index contributed by atoms with van der Waals surface area (Å²) in [6.07, 6.45) is 5.35. The van der Waals surface area contributed by atoms with Crippen LogP contribution in [0, 0.1) is 12.7 Å². The van der Waals surface area contributed by atoms with E-state index in [2.05, 4.69) is 60.4 Å². The van der Waals surface area contributed by atoms with Crippen LogP contribution in [0.5, 0.6) is 0 Å². The van der Waals surface area contributed by atoms with Gasteiger partial charge in [0.05, 0.1) is 28.7 Å². The van der Waals surface area contributed by atoms with Crippen LogP contribution < -0.4 is 15.5 Å². The fourth-order valence-corrected chi connectivity index (χ4v) is 4.81. The molecule has 4 rings (SSSR count). The number of aryl methyl sites for hydroxylation is 1. The zero-order valence-electron chi connectivity index (χ0n) is 18.9. The average molecular weight is 457 g/mol. The SMILES string of the molecule is CCN(C)C1CCN(c2ccc(Nc3ncc(F)c(-c4sc(NC)nc4C)n3)nc2)CC1. The van der Waals surface area contributed by atoms with Crippen LogP contribution in [0.15, 0.2) is 24.5 Å². The lowest BCUT2D eigenvalue weighted by Crippen LogP contribution is -2.43. The van der Waals surface area contributed by atoms with E-state index in [4.69, 9.17) is 0 Å². The minimum atomic E-state index is -0.481. The molecule has 3 aromatic rings. The van der Waals surface area contributed by atoms with E-state index in [9.17, 15) is 4.39 Å². The van der Waals surface area contributed by atoms with Crippen molar-refractivity contribution in [1.82, 2.24) is 24.8 Å². The summed E-state index contributed by atoms with van der Waals surface area (Å²) < 4.78 is 14.4. The van der Waals surface area contributed by atoms with E-state index in [1.807, 2.05) is 19.2 Å². The Bertz CT molecular complexity index is 1050. The summed E-state index contributed by atoms with van der Waals surface area (Å²) in [5, 5.41) is 6.78. The van der Waals surface area contributed by atoms with E-state index >= 15 is 0 Å². The van der Waals surface area contributed by atoms with Crippen molar-refractivity contribution in [3.63, 3.8) is 0 Å². The van der Waals surface area contributed by atoms with Crippen molar-refractivity contribution in [2.24, 2.45) is 0 Å². The topological polar surface area (TPSA) is 82.1 Å².